The van der Waals surface area contributed by atoms with Crippen LogP contribution in [0.15, 0.2) is 40.9 Å². The van der Waals surface area contributed by atoms with Crippen LogP contribution in [-0.4, -0.2) is 4.99 Å². The lowest BCUT2D eigenvalue weighted by Crippen LogP contribution is -2.10. The van der Waals surface area contributed by atoms with E-state index in [0.717, 1.165) is 10.0 Å². The highest BCUT2D eigenvalue weighted by atomic mass is 79.9. The lowest BCUT2D eigenvalue weighted by atomic mass is 10.2. The van der Waals surface area contributed by atoms with Gasteiger partial charge in [0.25, 0.3) is 0 Å². The van der Waals surface area contributed by atoms with Crippen LogP contribution in [0.2, 0.25) is 5.02 Å². The van der Waals surface area contributed by atoms with Gasteiger partial charge in [-0.15, -0.1) is 0 Å². The molecule has 2 rings (SSSR count). The first-order valence-electron chi connectivity index (χ1n) is 5.29. The first-order valence-corrected chi connectivity index (χ1v) is 6.87. The van der Waals surface area contributed by atoms with Crippen molar-refractivity contribution in [1.82, 2.24) is 0 Å². The quantitative estimate of drug-likeness (QED) is 0.785. The molecule has 2 aromatic rings. The highest BCUT2D eigenvalue weighted by Gasteiger charge is 2.07. The first kappa shape index (κ1) is 14.2. The number of nitrogens with one attached hydrogen (secondary N) is 1. The number of anilines is 2. The van der Waals surface area contributed by atoms with Crippen LogP contribution in [0.5, 0.6) is 0 Å². The molecular weight excluding hydrogens is 351 g/mol. The van der Waals surface area contributed by atoms with Gasteiger partial charge in [0.05, 0.1) is 5.69 Å². The van der Waals surface area contributed by atoms with Crippen LogP contribution >= 0.6 is 39.7 Å². The summed E-state index contributed by atoms with van der Waals surface area (Å²) >= 11 is 14.1. The second kappa shape index (κ2) is 5.86. The van der Waals surface area contributed by atoms with E-state index in [1.54, 1.807) is 18.2 Å². The molecule has 0 aliphatic rings. The van der Waals surface area contributed by atoms with E-state index in [0.29, 0.717) is 21.4 Å². The summed E-state index contributed by atoms with van der Waals surface area (Å²) < 4.78 is 14.3. The Morgan fingerprint density at radius 3 is 2.63 bits per heavy atom. The Kier molecular flexibility index (Phi) is 4.39. The van der Waals surface area contributed by atoms with E-state index in [9.17, 15) is 4.39 Å². The van der Waals surface area contributed by atoms with Crippen molar-refractivity contribution in [2.24, 2.45) is 5.73 Å². The summed E-state index contributed by atoms with van der Waals surface area (Å²) in [6.45, 7) is 0. The number of thiocarbonyl (C=S) groups is 1. The molecule has 0 saturated carbocycles. The van der Waals surface area contributed by atoms with Gasteiger partial charge in [-0.25, -0.2) is 4.39 Å². The third-order valence-electron chi connectivity index (χ3n) is 2.44. The highest BCUT2D eigenvalue weighted by molar-refractivity contribution is 9.10. The number of nitrogens with two attached hydrogens (primary N) is 1. The zero-order valence-electron chi connectivity index (χ0n) is 9.58. The summed E-state index contributed by atoms with van der Waals surface area (Å²) in [5.74, 6) is -0.376. The van der Waals surface area contributed by atoms with Gasteiger partial charge in [-0.05, 0) is 52.3 Å². The van der Waals surface area contributed by atoms with E-state index < -0.39 is 0 Å². The molecule has 6 heteroatoms. The normalized spacial score (nSPS) is 10.3. The number of hydrogen-bond acceptors (Lipinski definition) is 2. The van der Waals surface area contributed by atoms with Crippen LogP contribution in [0.25, 0.3) is 0 Å². The summed E-state index contributed by atoms with van der Waals surface area (Å²) in [5, 5.41) is 3.41. The molecule has 0 amide bonds. The van der Waals surface area contributed by atoms with Gasteiger partial charge in [0.1, 0.15) is 10.8 Å². The van der Waals surface area contributed by atoms with Crippen LogP contribution in [-0.2, 0) is 0 Å². The van der Waals surface area contributed by atoms with Crippen LogP contribution in [0.1, 0.15) is 5.56 Å². The Balaban J connectivity index is 2.31. The molecule has 0 atom stereocenters. The number of hydrogen-bond donors (Lipinski definition) is 2. The van der Waals surface area contributed by atoms with E-state index in [4.69, 9.17) is 29.6 Å². The van der Waals surface area contributed by atoms with Gasteiger partial charge >= 0.3 is 0 Å². The highest BCUT2D eigenvalue weighted by Crippen LogP contribution is 2.27. The van der Waals surface area contributed by atoms with Crippen molar-refractivity contribution in [3.05, 3.63) is 57.3 Å². The van der Waals surface area contributed by atoms with E-state index in [2.05, 4.69) is 21.2 Å². The largest absolute Gasteiger partial charge is 0.389 e. The molecule has 0 aliphatic heterocycles. The molecule has 19 heavy (non-hydrogen) atoms. The standard InChI is InChI=1S/C13H9BrClFN2S/c14-10-6-8(2-3-9(10)13(17)19)18-12-5-7(15)1-4-11(12)16/h1-6,18H,(H2,17,19). The van der Waals surface area contributed by atoms with Gasteiger partial charge in [0.15, 0.2) is 0 Å². The molecule has 0 bridgehead atoms. The van der Waals surface area contributed by atoms with Crippen molar-refractivity contribution < 1.29 is 4.39 Å². The van der Waals surface area contributed by atoms with Crippen molar-refractivity contribution in [2.75, 3.05) is 5.32 Å². The Morgan fingerprint density at radius 2 is 2.00 bits per heavy atom. The molecule has 0 fully saturated rings. The summed E-state index contributed by atoms with van der Waals surface area (Å²) in [4.78, 5) is 0.298. The fourth-order valence-corrected chi connectivity index (χ4v) is 2.62. The molecule has 2 nitrogen and oxygen atoms in total. The van der Waals surface area contributed by atoms with E-state index in [-0.39, 0.29) is 5.82 Å². The maximum Gasteiger partial charge on any atom is 0.146 e. The Bertz CT molecular complexity index is 649. The smallest absolute Gasteiger partial charge is 0.146 e. The Hall–Kier alpha value is -1.17. The minimum absolute atomic E-state index is 0.298. The van der Waals surface area contributed by atoms with Gasteiger partial charge < -0.3 is 11.1 Å². The van der Waals surface area contributed by atoms with Crippen LogP contribution in [0, 0.1) is 5.82 Å². The number of rotatable bonds is 3. The van der Waals surface area contributed by atoms with E-state index in [1.165, 1.54) is 18.2 Å². The molecule has 0 unspecified atom stereocenters. The summed E-state index contributed by atoms with van der Waals surface area (Å²) in [6, 6.07) is 9.62. The maximum absolute atomic E-state index is 13.6. The summed E-state index contributed by atoms with van der Waals surface area (Å²) in [7, 11) is 0. The third-order valence-corrected chi connectivity index (χ3v) is 3.55. The Labute approximate surface area is 128 Å². The van der Waals surface area contributed by atoms with Crippen molar-refractivity contribution in [3.8, 4) is 0 Å². The van der Waals surface area contributed by atoms with Gasteiger partial charge in [-0.1, -0.05) is 23.8 Å². The topological polar surface area (TPSA) is 38.0 Å². The van der Waals surface area contributed by atoms with Crippen molar-refractivity contribution in [2.45, 2.75) is 0 Å². The molecule has 0 saturated heterocycles. The molecule has 3 N–H and O–H groups in total. The molecule has 0 aromatic heterocycles. The molecular formula is C13H9BrClFN2S. The van der Waals surface area contributed by atoms with E-state index in [1.807, 2.05) is 0 Å². The average Bonchev–Trinajstić information content (AvgIpc) is 2.33. The van der Waals surface area contributed by atoms with Crippen molar-refractivity contribution >= 4 is 56.1 Å². The predicted octanol–water partition coefficient (Wildman–Crippen LogP) is 4.62. The molecule has 98 valence electrons. The molecule has 0 heterocycles. The van der Waals surface area contributed by atoms with E-state index >= 15 is 0 Å². The third kappa shape index (κ3) is 3.43. The second-order valence-electron chi connectivity index (χ2n) is 3.81. The SMILES string of the molecule is NC(=S)c1ccc(Nc2cc(Cl)ccc2F)cc1Br. The lowest BCUT2D eigenvalue weighted by molar-refractivity contribution is 0.632. The monoisotopic (exact) mass is 358 g/mol. The average molecular weight is 360 g/mol. The molecule has 2 aromatic carbocycles. The Morgan fingerprint density at radius 1 is 1.26 bits per heavy atom. The second-order valence-corrected chi connectivity index (χ2v) is 5.54. The number of halogens is 3. The summed E-state index contributed by atoms with van der Waals surface area (Å²) in [5.41, 5.74) is 7.30. The fourth-order valence-electron chi connectivity index (χ4n) is 1.54. The molecule has 0 radical (unpaired) electrons. The predicted molar refractivity (Wildman–Crippen MR) is 84.7 cm³/mol. The zero-order valence-corrected chi connectivity index (χ0v) is 12.7. The first-order chi connectivity index (χ1) is 8.97. The van der Waals surface area contributed by atoms with Crippen LogP contribution < -0.4 is 11.1 Å². The summed E-state index contributed by atoms with van der Waals surface area (Å²) in [6.07, 6.45) is 0. The molecule has 0 spiro atoms. The molecule has 0 aliphatic carbocycles. The number of benzene rings is 2. The van der Waals surface area contributed by atoms with Crippen molar-refractivity contribution in [3.63, 3.8) is 0 Å². The minimum Gasteiger partial charge on any atom is -0.389 e. The van der Waals surface area contributed by atoms with Gasteiger partial charge in [-0.3, -0.25) is 0 Å². The van der Waals surface area contributed by atoms with Crippen LogP contribution in [0.4, 0.5) is 15.8 Å². The maximum atomic E-state index is 13.6. The fraction of sp³-hybridized carbons (Fsp3) is 0. The lowest BCUT2D eigenvalue weighted by Gasteiger charge is -2.10. The minimum atomic E-state index is -0.376. The van der Waals surface area contributed by atoms with Gasteiger partial charge in [0.2, 0.25) is 0 Å². The van der Waals surface area contributed by atoms with Crippen LogP contribution in [0.3, 0.4) is 0 Å². The van der Waals surface area contributed by atoms with Crippen molar-refractivity contribution in [1.29, 1.82) is 0 Å². The zero-order chi connectivity index (χ0) is 14.0. The van der Waals surface area contributed by atoms with Gasteiger partial charge in [-0.2, -0.15) is 0 Å². The van der Waals surface area contributed by atoms with Gasteiger partial charge in [0, 0.05) is 20.7 Å².